The summed E-state index contributed by atoms with van der Waals surface area (Å²) in [5.74, 6) is -0.0368. The Morgan fingerprint density at radius 2 is 2.20 bits per heavy atom. The van der Waals surface area contributed by atoms with Crippen LogP contribution in [-0.4, -0.2) is 45.9 Å². The molecule has 0 spiro atoms. The molecule has 3 heterocycles. The Balaban J connectivity index is 1.75. The van der Waals surface area contributed by atoms with Gasteiger partial charge < -0.3 is 4.74 Å². The molecule has 0 saturated carbocycles. The van der Waals surface area contributed by atoms with Crippen molar-refractivity contribution < 1.29 is 9.53 Å². The quantitative estimate of drug-likeness (QED) is 0.789. The lowest BCUT2D eigenvalue weighted by atomic mass is 9.99. The second-order valence-corrected chi connectivity index (χ2v) is 5.97. The number of likely N-dealkylation sites (tertiary alicyclic amines) is 1. The molecule has 2 aliphatic heterocycles. The zero-order valence-electron chi connectivity index (χ0n) is 12.3. The van der Waals surface area contributed by atoms with Crippen LogP contribution in [0.15, 0.2) is 6.07 Å². The van der Waals surface area contributed by atoms with E-state index in [0.29, 0.717) is 12.6 Å². The number of esters is 1. The van der Waals surface area contributed by atoms with E-state index in [1.807, 2.05) is 6.92 Å². The topological polar surface area (TPSA) is 47.4 Å². The molecule has 1 aromatic heterocycles. The summed E-state index contributed by atoms with van der Waals surface area (Å²) in [6.45, 7) is 6.58. The highest BCUT2D eigenvalue weighted by molar-refractivity contribution is 5.77. The molecule has 20 heavy (non-hydrogen) atoms. The van der Waals surface area contributed by atoms with Gasteiger partial charge in [-0.15, -0.1) is 0 Å². The Hall–Kier alpha value is -1.36. The Bertz CT molecular complexity index is 497. The molecule has 1 aromatic rings. The average molecular weight is 277 g/mol. The number of rotatable bonds is 3. The van der Waals surface area contributed by atoms with E-state index in [2.05, 4.69) is 27.7 Å². The first-order valence-corrected chi connectivity index (χ1v) is 7.58. The zero-order chi connectivity index (χ0) is 14.1. The van der Waals surface area contributed by atoms with Crippen LogP contribution >= 0.6 is 0 Å². The van der Waals surface area contributed by atoms with E-state index in [4.69, 9.17) is 4.74 Å². The van der Waals surface area contributed by atoms with Crippen LogP contribution in [0.25, 0.3) is 0 Å². The Morgan fingerprint density at radius 1 is 1.35 bits per heavy atom. The lowest BCUT2D eigenvalue weighted by Gasteiger charge is -2.38. The zero-order valence-corrected chi connectivity index (χ0v) is 12.3. The van der Waals surface area contributed by atoms with Gasteiger partial charge in [-0.2, -0.15) is 5.10 Å². The second kappa shape index (κ2) is 5.56. The van der Waals surface area contributed by atoms with Gasteiger partial charge >= 0.3 is 5.97 Å². The van der Waals surface area contributed by atoms with Gasteiger partial charge in [-0.1, -0.05) is 6.42 Å². The highest BCUT2D eigenvalue weighted by Gasteiger charge is 2.37. The summed E-state index contributed by atoms with van der Waals surface area (Å²) >= 11 is 0. The summed E-state index contributed by atoms with van der Waals surface area (Å²) in [5.41, 5.74) is 2.26. The number of piperidine rings is 1. The predicted molar refractivity (Wildman–Crippen MR) is 75.4 cm³/mol. The number of carbonyl (C=O) groups is 1. The summed E-state index contributed by atoms with van der Waals surface area (Å²) in [6.07, 6.45) is 4.40. The fourth-order valence-electron chi connectivity index (χ4n) is 3.48. The molecule has 0 amide bonds. The van der Waals surface area contributed by atoms with Gasteiger partial charge in [0, 0.05) is 18.2 Å². The number of ether oxygens (including phenoxy) is 1. The summed E-state index contributed by atoms with van der Waals surface area (Å²) in [7, 11) is 0. The van der Waals surface area contributed by atoms with Crippen molar-refractivity contribution in [2.75, 3.05) is 13.2 Å². The number of cyclic esters (lactones) is 1. The molecular formula is C15H23N3O2. The number of carbonyl (C=O) groups excluding carboxylic acids is 1. The van der Waals surface area contributed by atoms with Crippen molar-refractivity contribution in [3.63, 3.8) is 0 Å². The lowest BCUT2D eigenvalue weighted by Crippen LogP contribution is -2.50. The van der Waals surface area contributed by atoms with Crippen molar-refractivity contribution in [3.8, 4) is 0 Å². The van der Waals surface area contributed by atoms with E-state index < -0.39 is 0 Å². The fraction of sp³-hybridized carbons (Fsp3) is 0.733. The molecule has 3 rings (SSSR count). The van der Waals surface area contributed by atoms with Crippen molar-refractivity contribution in [1.29, 1.82) is 0 Å². The Morgan fingerprint density at radius 3 is 2.85 bits per heavy atom. The van der Waals surface area contributed by atoms with Crippen molar-refractivity contribution in [1.82, 2.24) is 14.7 Å². The van der Waals surface area contributed by atoms with Gasteiger partial charge in [0.05, 0.1) is 18.8 Å². The number of nitrogens with zero attached hydrogens (tertiary/aromatic N) is 3. The van der Waals surface area contributed by atoms with E-state index in [1.54, 1.807) is 0 Å². The Kier molecular flexibility index (Phi) is 3.78. The average Bonchev–Trinajstić information content (AvgIpc) is 2.97. The first-order valence-electron chi connectivity index (χ1n) is 7.58. The maximum absolute atomic E-state index is 11.9. The van der Waals surface area contributed by atoms with E-state index in [0.717, 1.165) is 31.6 Å². The Labute approximate surface area is 119 Å². The monoisotopic (exact) mass is 277 g/mol. The highest BCUT2D eigenvalue weighted by Crippen LogP contribution is 2.25. The second-order valence-electron chi connectivity index (χ2n) is 5.97. The van der Waals surface area contributed by atoms with Crippen LogP contribution in [0, 0.1) is 13.8 Å². The van der Waals surface area contributed by atoms with Gasteiger partial charge in [0.25, 0.3) is 0 Å². The highest BCUT2D eigenvalue weighted by atomic mass is 16.5. The molecular weight excluding hydrogens is 254 g/mol. The van der Waals surface area contributed by atoms with E-state index in [-0.39, 0.29) is 12.0 Å². The summed E-state index contributed by atoms with van der Waals surface area (Å²) in [5, 5.41) is 4.56. The van der Waals surface area contributed by atoms with Crippen LogP contribution in [0.1, 0.15) is 37.1 Å². The molecule has 0 aliphatic carbocycles. The maximum Gasteiger partial charge on any atom is 0.323 e. The standard InChI is InChI=1S/C15H23N3O2/c1-11-9-12(2)18(16-11)10-13-5-3-4-7-17(13)14-6-8-20-15(14)19/h9,13-14H,3-8,10H2,1-2H3. The van der Waals surface area contributed by atoms with Gasteiger partial charge in [0.2, 0.25) is 0 Å². The summed E-state index contributed by atoms with van der Waals surface area (Å²) in [6, 6.07) is 2.48. The number of hydrogen-bond donors (Lipinski definition) is 0. The molecule has 0 radical (unpaired) electrons. The summed E-state index contributed by atoms with van der Waals surface area (Å²) in [4.78, 5) is 14.2. The van der Waals surface area contributed by atoms with Crippen molar-refractivity contribution in [2.45, 2.75) is 58.2 Å². The van der Waals surface area contributed by atoms with Crippen LogP contribution in [0.5, 0.6) is 0 Å². The molecule has 2 saturated heterocycles. The molecule has 2 aliphatic rings. The van der Waals surface area contributed by atoms with Gasteiger partial charge in [-0.3, -0.25) is 14.4 Å². The minimum absolute atomic E-state index is 0.0303. The minimum atomic E-state index is -0.0368. The molecule has 0 N–H and O–H groups in total. The van der Waals surface area contributed by atoms with Crippen molar-refractivity contribution in [3.05, 3.63) is 17.5 Å². The molecule has 0 aromatic carbocycles. The molecule has 110 valence electrons. The van der Waals surface area contributed by atoms with Gasteiger partial charge in [0.1, 0.15) is 6.04 Å². The van der Waals surface area contributed by atoms with Crippen molar-refractivity contribution >= 4 is 5.97 Å². The number of aromatic nitrogens is 2. The molecule has 5 heteroatoms. The van der Waals surface area contributed by atoms with Gasteiger partial charge in [0.15, 0.2) is 0 Å². The largest absolute Gasteiger partial charge is 0.464 e. The van der Waals surface area contributed by atoms with E-state index in [1.165, 1.54) is 18.5 Å². The predicted octanol–water partition coefficient (Wildman–Crippen LogP) is 1.67. The third-order valence-electron chi connectivity index (χ3n) is 4.47. The molecule has 0 bridgehead atoms. The number of hydrogen-bond acceptors (Lipinski definition) is 4. The van der Waals surface area contributed by atoms with E-state index >= 15 is 0 Å². The van der Waals surface area contributed by atoms with Gasteiger partial charge in [-0.05, 0) is 39.3 Å². The van der Waals surface area contributed by atoms with Crippen LogP contribution in [-0.2, 0) is 16.1 Å². The van der Waals surface area contributed by atoms with Gasteiger partial charge in [-0.25, -0.2) is 0 Å². The van der Waals surface area contributed by atoms with E-state index in [9.17, 15) is 4.79 Å². The van der Waals surface area contributed by atoms with Crippen molar-refractivity contribution in [2.24, 2.45) is 0 Å². The fourth-order valence-corrected chi connectivity index (χ4v) is 3.48. The normalized spacial score (nSPS) is 27.8. The smallest absolute Gasteiger partial charge is 0.323 e. The third kappa shape index (κ3) is 2.59. The van der Waals surface area contributed by atoms with Crippen LogP contribution in [0.4, 0.5) is 0 Å². The van der Waals surface area contributed by atoms with Crippen LogP contribution < -0.4 is 0 Å². The maximum atomic E-state index is 11.9. The molecule has 2 unspecified atom stereocenters. The SMILES string of the molecule is Cc1cc(C)n(CC2CCCCN2C2CCOC2=O)n1. The van der Waals surface area contributed by atoms with Crippen LogP contribution in [0.2, 0.25) is 0 Å². The van der Waals surface area contributed by atoms with Crippen LogP contribution in [0.3, 0.4) is 0 Å². The first kappa shape index (κ1) is 13.6. The first-order chi connectivity index (χ1) is 9.65. The molecule has 2 fully saturated rings. The number of aryl methyl sites for hydroxylation is 2. The summed E-state index contributed by atoms with van der Waals surface area (Å²) < 4.78 is 7.22. The minimum Gasteiger partial charge on any atom is -0.464 e. The molecule has 5 nitrogen and oxygen atoms in total. The lowest BCUT2D eigenvalue weighted by molar-refractivity contribution is -0.143. The molecule has 2 atom stereocenters. The third-order valence-corrected chi connectivity index (χ3v) is 4.47.